The van der Waals surface area contributed by atoms with Crippen molar-refractivity contribution in [3.63, 3.8) is 0 Å². The number of hydrogen-bond acceptors (Lipinski definition) is 2. The molecule has 1 rings (SSSR count). The molecule has 0 heterocycles. The standard InChI is InChI=1S/C9H12N2/c1-7-3-5-9(6-4-7)8(2)11-10/h3-6H,10H2,1-2H3/b11-8-. The minimum Gasteiger partial charge on any atom is -0.323 e. The van der Waals surface area contributed by atoms with Crippen LogP contribution in [0, 0.1) is 6.92 Å². The first-order valence-corrected chi connectivity index (χ1v) is 3.55. The second-order valence-electron chi connectivity index (χ2n) is 2.58. The molecule has 0 atom stereocenters. The quantitative estimate of drug-likeness (QED) is 0.367. The highest BCUT2D eigenvalue weighted by Crippen LogP contribution is 2.03. The van der Waals surface area contributed by atoms with Crippen molar-refractivity contribution >= 4 is 5.71 Å². The summed E-state index contributed by atoms with van der Waals surface area (Å²) in [6.07, 6.45) is 0. The summed E-state index contributed by atoms with van der Waals surface area (Å²) in [5.41, 5.74) is 3.20. The molecule has 0 saturated carbocycles. The Labute approximate surface area is 66.7 Å². The Bertz CT molecular complexity index is 259. The molecule has 0 aliphatic rings. The van der Waals surface area contributed by atoms with E-state index in [-0.39, 0.29) is 0 Å². The number of hydrogen-bond donors (Lipinski definition) is 1. The first kappa shape index (κ1) is 7.79. The Morgan fingerprint density at radius 1 is 1.27 bits per heavy atom. The number of hydrazone groups is 1. The van der Waals surface area contributed by atoms with E-state index >= 15 is 0 Å². The van der Waals surface area contributed by atoms with Crippen molar-refractivity contribution < 1.29 is 0 Å². The normalized spacial score (nSPS) is 11.6. The maximum Gasteiger partial charge on any atom is 0.0641 e. The molecule has 0 aliphatic carbocycles. The third-order valence-corrected chi connectivity index (χ3v) is 1.66. The molecule has 2 nitrogen and oxygen atoms in total. The predicted molar refractivity (Wildman–Crippen MR) is 47.6 cm³/mol. The lowest BCUT2D eigenvalue weighted by Gasteiger charge is -1.98. The van der Waals surface area contributed by atoms with Gasteiger partial charge in [-0.3, -0.25) is 0 Å². The molecule has 0 amide bonds. The van der Waals surface area contributed by atoms with Crippen molar-refractivity contribution in [3.05, 3.63) is 35.4 Å². The minimum atomic E-state index is 0.866. The van der Waals surface area contributed by atoms with Crippen LogP contribution < -0.4 is 5.84 Å². The maximum absolute atomic E-state index is 5.13. The molecule has 0 aromatic heterocycles. The lowest BCUT2D eigenvalue weighted by atomic mass is 10.1. The number of benzene rings is 1. The fourth-order valence-corrected chi connectivity index (χ4v) is 0.869. The zero-order valence-corrected chi connectivity index (χ0v) is 6.83. The summed E-state index contributed by atoms with van der Waals surface area (Å²) in [7, 11) is 0. The van der Waals surface area contributed by atoms with Crippen molar-refractivity contribution in [1.29, 1.82) is 0 Å². The van der Waals surface area contributed by atoms with Crippen LogP contribution in [0.25, 0.3) is 0 Å². The van der Waals surface area contributed by atoms with E-state index < -0.39 is 0 Å². The summed E-state index contributed by atoms with van der Waals surface area (Å²) in [6.45, 7) is 3.95. The molecule has 1 aromatic carbocycles. The highest BCUT2D eigenvalue weighted by molar-refractivity contribution is 5.98. The molecule has 0 radical (unpaired) electrons. The number of nitrogens with two attached hydrogens (primary N) is 1. The third-order valence-electron chi connectivity index (χ3n) is 1.66. The van der Waals surface area contributed by atoms with Gasteiger partial charge in [-0.1, -0.05) is 29.8 Å². The van der Waals surface area contributed by atoms with E-state index in [9.17, 15) is 0 Å². The molecule has 0 bridgehead atoms. The topological polar surface area (TPSA) is 38.4 Å². The summed E-state index contributed by atoms with van der Waals surface area (Å²) >= 11 is 0. The molecule has 11 heavy (non-hydrogen) atoms. The minimum absolute atomic E-state index is 0.866. The molecular formula is C9H12N2. The first-order chi connectivity index (χ1) is 5.24. The fourth-order valence-electron chi connectivity index (χ4n) is 0.869. The molecule has 2 N–H and O–H groups in total. The summed E-state index contributed by atoms with van der Waals surface area (Å²) in [5.74, 6) is 5.13. The van der Waals surface area contributed by atoms with Gasteiger partial charge in [0.1, 0.15) is 0 Å². The van der Waals surface area contributed by atoms with Gasteiger partial charge in [0.2, 0.25) is 0 Å². The molecule has 58 valence electrons. The molecular weight excluding hydrogens is 136 g/mol. The van der Waals surface area contributed by atoms with Crippen LogP contribution in [0.5, 0.6) is 0 Å². The maximum atomic E-state index is 5.13. The van der Waals surface area contributed by atoms with E-state index in [4.69, 9.17) is 5.84 Å². The highest BCUT2D eigenvalue weighted by atomic mass is 15.1. The highest BCUT2D eigenvalue weighted by Gasteiger charge is 1.93. The molecule has 2 heteroatoms. The Hall–Kier alpha value is -1.31. The van der Waals surface area contributed by atoms with Gasteiger partial charge in [0.05, 0.1) is 5.71 Å². The lowest BCUT2D eigenvalue weighted by molar-refractivity contribution is 1.24. The van der Waals surface area contributed by atoms with Crippen LogP contribution in [0.1, 0.15) is 18.1 Å². The van der Waals surface area contributed by atoms with Gasteiger partial charge >= 0.3 is 0 Å². The Balaban J connectivity index is 2.99. The summed E-state index contributed by atoms with van der Waals surface area (Å²) in [5, 5.41) is 3.61. The molecule has 0 fully saturated rings. The Kier molecular flexibility index (Phi) is 2.26. The number of aryl methyl sites for hydroxylation is 1. The molecule has 1 aromatic rings. The summed E-state index contributed by atoms with van der Waals surface area (Å²) < 4.78 is 0. The average molecular weight is 148 g/mol. The number of rotatable bonds is 1. The van der Waals surface area contributed by atoms with Gasteiger partial charge in [-0.2, -0.15) is 5.10 Å². The van der Waals surface area contributed by atoms with Crippen LogP contribution >= 0.6 is 0 Å². The van der Waals surface area contributed by atoms with Crippen molar-refractivity contribution in [2.45, 2.75) is 13.8 Å². The zero-order chi connectivity index (χ0) is 8.27. The average Bonchev–Trinajstić information content (AvgIpc) is 2.05. The molecule has 0 aliphatic heterocycles. The smallest absolute Gasteiger partial charge is 0.0641 e. The molecule has 0 saturated heterocycles. The van der Waals surface area contributed by atoms with Crippen LogP contribution in [0.15, 0.2) is 29.4 Å². The van der Waals surface area contributed by atoms with Crippen LogP contribution in [0.3, 0.4) is 0 Å². The van der Waals surface area contributed by atoms with E-state index in [1.165, 1.54) is 5.56 Å². The molecule has 0 unspecified atom stereocenters. The zero-order valence-electron chi connectivity index (χ0n) is 6.83. The van der Waals surface area contributed by atoms with Crippen LogP contribution in [0.2, 0.25) is 0 Å². The summed E-state index contributed by atoms with van der Waals surface area (Å²) in [4.78, 5) is 0. The van der Waals surface area contributed by atoms with Crippen molar-refractivity contribution in [1.82, 2.24) is 0 Å². The van der Waals surface area contributed by atoms with Gasteiger partial charge in [0.15, 0.2) is 0 Å². The van der Waals surface area contributed by atoms with Crippen molar-refractivity contribution in [2.75, 3.05) is 0 Å². The van der Waals surface area contributed by atoms with Crippen LogP contribution in [0.4, 0.5) is 0 Å². The lowest BCUT2D eigenvalue weighted by Crippen LogP contribution is -1.97. The fraction of sp³-hybridized carbons (Fsp3) is 0.222. The van der Waals surface area contributed by atoms with E-state index in [0.717, 1.165) is 11.3 Å². The number of nitrogens with zero attached hydrogens (tertiary/aromatic N) is 1. The van der Waals surface area contributed by atoms with Gasteiger partial charge in [-0.25, -0.2) is 0 Å². The van der Waals surface area contributed by atoms with Gasteiger partial charge in [0, 0.05) is 0 Å². The monoisotopic (exact) mass is 148 g/mol. The van der Waals surface area contributed by atoms with Gasteiger partial charge < -0.3 is 5.84 Å². The van der Waals surface area contributed by atoms with Crippen molar-refractivity contribution in [3.8, 4) is 0 Å². The third kappa shape index (κ3) is 1.80. The largest absolute Gasteiger partial charge is 0.323 e. The van der Waals surface area contributed by atoms with Crippen LogP contribution in [-0.4, -0.2) is 5.71 Å². The van der Waals surface area contributed by atoms with Gasteiger partial charge in [-0.05, 0) is 19.4 Å². The Morgan fingerprint density at radius 3 is 2.27 bits per heavy atom. The summed E-state index contributed by atoms with van der Waals surface area (Å²) in [6, 6.07) is 8.12. The van der Waals surface area contributed by atoms with Gasteiger partial charge in [-0.15, -0.1) is 0 Å². The van der Waals surface area contributed by atoms with E-state index in [2.05, 4.69) is 12.0 Å². The van der Waals surface area contributed by atoms with Crippen LogP contribution in [-0.2, 0) is 0 Å². The first-order valence-electron chi connectivity index (χ1n) is 3.55. The van der Waals surface area contributed by atoms with Gasteiger partial charge in [0.25, 0.3) is 0 Å². The second kappa shape index (κ2) is 3.19. The van der Waals surface area contributed by atoms with Crippen molar-refractivity contribution in [2.24, 2.45) is 10.9 Å². The van der Waals surface area contributed by atoms with E-state index in [1.54, 1.807) is 0 Å². The van der Waals surface area contributed by atoms with E-state index in [1.807, 2.05) is 31.2 Å². The second-order valence-corrected chi connectivity index (χ2v) is 2.58. The van der Waals surface area contributed by atoms with E-state index in [0.29, 0.717) is 0 Å². The predicted octanol–water partition coefficient (Wildman–Crippen LogP) is 1.68. The Morgan fingerprint density at radius 2 is 1.82 bits per heavy atom. The molecule has 0 spiro atoms. The SMILES string of the molecule is C/C(=N/N)c1ccc(C)cc1.